The van der Waals surface area contributed by atoms with Crippen LogP contribution < -0.4 is 5.32 Å². The van der Waals surface area contributed by atoms with Gasteiger partial charge in [0.05, 0.1) is 0 Å². The molecule has 0 amide bonds. The van der Waals surface area contributed by atoms with E-state index in [0.717, 1.165) is 30.9 Å². The van der Waals surface area contributed by atoms with Gasteiger partial charge in [0.2, 0.25) is 0 Å². The number of aryl methyl sites for hydroxylation is 1. The molecule has 0 radical (unpaired) electrons. The summed E-state index contributed by atoms with van der Waals surface area (Å²) in [5, 5.41) is 3.61. The Bertz CT molecular complexity index is 306. The van der Waals surface area contributed by atoms with Crippen LogP contribution in [0, 0.1) is 12.8 Å². The number of nitrogens with one attached hydrogen (secondary N) is 1. The molecule has 84 valence electrons. The van der Waals surface area contributed by atoms with Crippen LogP contribution in [-0.4, -0.2) is 22.1 Å². The van der Waals surface area contributed by atoms with Gasteiger partial charge in [-0.15, -0.1) is 0 Å². The van der Waals surface area contributed by atoms with Crippen LogP contribution in [-0.2, 0) is 6.54 Å². The van der Waals surface area contributed by atoms with Crippen LogP contribution in [0.4, 0.5) is 0 Å². The highest BCUT2D eigenvalue weighted by atomic mass is 15.1. The zero-order valence-electron chi connectivity index (χ0n) is 9.74. The highest BCUT2D eigenvalue weighted by Gasteiger charge is 2.34. The molecule has 1 heterocycles. The molecular formula is C12H21N3. The quantitative estimate of drug-likeness (QED) is 0.773. The van der Waals surface area contributed by atoms with E-state index in [1.165, 1.54) is 19.3 Å². The van der Waals surface area contributed by atoms with Gasteiger partial charge in [-0.3, -0.25) is 0 Å². The van der Waals surface area contributed by atoms with Gasteiger partial charge in [0, 0.05) is 31.5 Å². The Labute approximate surface area is 91.9 Å². The average Bonchev–Trinajstić information content (AvgIpc) is 2.82. The van der Waals surface area contributed by atoms with Gasteiger partial charge in [-0.2, -0.15) is 0 Å². The summed E-state index contributed by atoms with van der Waals surface area (Å²) in [6.07, 6.45) is 8.02. The average molecular weight is 207 g/mol. The first-order valence-corrected chi connectivity index (χ1v) is 6.02. The molecule has 0 saturated heterocycles. The highest BCUT2D eigenvalue weighted by Crippen LogP contribution is 2.34. The van der Waals surface area contributed by atoms with Gasteiger partial charge in [-0.1, -0.05) is 13.3 Å². The second-order valence-electron chi connectivity index (χ2n) is 4.51. The Hall–Kier alpha value is -0.830. The third-order valence-electron chi connectivity index (χ3n) is 3.26. The minimum Gasteiger partial charge on any atom is -0.334 e. The molecule has 1 N–H and O–H groups in total. The monoisotopic (exact) mass is 207 g/mol. The summed E-state index contributed by atoms with van der Waals surface area (Å²) >= 11 is 0. The van der Waals surface area contributed by atoms with Crippen LogP contribution in [0.15, 0.2) is 12.4 Å². The van der Waals surface area contributed by atoms with E-state index < -0.39 is 0 Å². The van der Waals surface area contributed by atoms with Crippen LogP contribution in [0.3, 0.4) is 0 Å². The standard InChI is InChI=1S/C12H21N3/c1-3-4-11-9-12(11)14-6-8-15-7-5-13-10(15)2/h5,7,11-12,14H,3-4,6,8-9H2,1-2H3. The Kier molecular flexibility index (Phi) is 3.41. The smallest absolute Gasteiger partial charge is 0.105 e. The molecule has 1 saturated carbocycles. The van der Waals surface area contributed by atoms with Crippen LogP contribution in [0.2, 0.25) is 0 Å². The van der Waals surface area contributed by atoms with Crippen molar-refractivity contribution in [2.24, 2.45) is 5.92 Å². The Morgan fingerprint density at radius 2 is 2.47 bits per heavy atom. The molecule has 2 rings (SSSR count). The van der Waals surface area contributed by atoms with Gasteiger partial charge in [-0.25, -0.2) is 4.98 Å². The van der Waals surface area contributed by atoms with Crippen molar-refractivity contribution in [1.82, 2.24) is 14.9 Å². The Balaban J connectivity index is 1.62. The summed E-state index contributed by atoms with van der Waals surface area (Å²) < 4.78 is 2.20. The van der Waals surface area contributed by atoms with Crippen molar-refractivity contribution < 1.29 is 0 Å². The normalized spacial score (nSPS) is 24.4. The van der Waals surface area contributed by atoms with E-state index in [0.29, 0.717) is 0 Å². The molecule has 1 fully saturated rings. The van der Waals surface area contributed by atoms with Crippen molar-refractivity contribution in [2.75, 3.05) is 6.54 Å². The summed E-state index contributed by atoms with van der Waals surface area (Å²) in [6.45, 7) is 6.44. The second-order valence-corrected chi connectivity index (χ2v) is 4.51. The van der Waals surface area contributed by atoms with E-state index in [4.69, 9.17) is 0 Å². The largest absolute Gasteiger partial charge is 0.334 e. The molecule has 2 atom stereocenters. The molecule has 2 unspecified atom stereocenters. The lowest BCUT2D eigenvalue weighted by Crippen LogP contribution is -2.23. The molecule has 1 aromatic rings. The fourth-order valence-electron chi connectivity index (χ4n) is 2.20. The predicted octanol–water partition coefficient (Wildman–Crippen LogP) is 1.97. The topological polar surface area (TPSA) is 29.9 Å². The molecule has 1 aromatic heterocycles. The van der Waals surface area contributed by atoms with E-state index in [-0.39, 0.29) is 0 Å². The molecule has 0 spiro atoms. The first kappa shape index (κ1) is 10.7. The van der Waals surface area contributed by atoms with Crippen molar-refractivity contribution in [3.8, 4) is 0 Å². The van der Waals surface area contributed by atoms with E-state index in [1.807, 2.05) is 12.4 Å². The summed E-state index contributed by atoms with van der Waals surface area (Å²) in [5.41, 5.74) is 0. The molecule has 1 aliphatic rings. The van der Waals surface area contributed by atoms with Gasteiger partial charge in [0.1, 0.15) is 5.82 Å². The molecule has 0 aliphatic heterocycles. The van der Waals surface area contributed by atoms with Crippen molar-refractivity contribution >= 4 is 0 Å². The lowest BCUT2D eigenvalue weighted by atomic mass is 10.2. The minimum absolute atomic E-state index is 0.800. The molecule has 1 aliphatic carbocycles. The number of hydrogen-bond donors (Lipinski definition) is 1. The van der Waals surface area contributed by atoms with Gasteiger partial charge >= 0.3 is 0 Å². The zero-order valence-corrected chi connectivity index (χ0v) is 9.74. The molecule has 3 nitrogen and oxygen atoms in total. The van der Waals surface area contributed by atoms with E-state index in [2.05, 4.69) is 28.7 Å². The summed E-state index contributed by atoms with van der Waals surface area (Å²) in [5.74, 6) is 2.07. The minimum atomic E-state index is 0.800. The van der Waals surface area contributed by atoms with Crippen LogP contribution in [0.1, 0.15) is 32.0 Å². The molecule has 0 aromatic carbocycles. The van der Waals surface area contributed by atoms with Gasteiger partial charge in [0.15, 0.2) is 0 Å². The number of imidazole rings is 1. The van der Waals surface area contributed by atoms with Crippen LogP contribution in [0.25, 0.3) is 0 Å². The summed E-state index contributed by atoms with van der Waals surface area (Å²) in [6, 6.07) is 0.800. The maximum Gasteiger partial charge on any atom is 0.105 e. The molecule has 15 heavy (non-hydrogen) atoms. The SMILES string of the molecule is CCCC1CC1NCCn1ccnc1C. The van der Waals surface area contributed by atoms with Crippen LogP contribution in [0.5, 0.6) is 0 Å². The lowest BCUT2D eigenvalue weighted by molar-refractivity contribution is 0.552. The van der Waals surface area contributed by atoms with E-state index in [1.54, 1.807) is 0 Å². The maximum atomic E-state index is 4.21. The van der Waals surface area contributed by atoms with Gasteiger partial charge in [0.25, 0.3) is 0 Å². The van der Waals surface area contributed by atoms with Gasteiger partial charge in [-0.05, 0) is 25.7 Å². The fraction of sp³-hybridized carbons (Fsp3) is 0.750. The predicted molar refractivity (Wildman–Crippen MR) is 61.8 cm³/mol. The second kappa shape index (κ2) is 4.79. The number of rotatable bonds is 6. The first-order valence-electron chi connectivity index (χ1n) is 6.02. The number of aromatic nitrogens is 2. The molecule has 0 bridgehead atoms. The van der Waals surface area contributed by atoms with E-state index in [9.17, 15) is 0 Å². The highest BCUT2D eigenvalue weighted by molar-refractivity contribution is 4.93. The molecule has 3 heteroatoms. The van der Waals surface area contributed by atoms with Crippen molar-refractivity contribution in [3.05, 3.63) is 18.2 Å². The van der Waals surface area contributed by atoms with Crippen molar-refractivity contribution in [2.45, 2.75) is 45.7 Å². The Morgan fingerprint density at radius 1 is 1.60 bits per heavy atom. The van der Waals surface area contributed by atoms with Crippen molar-refractivity contribution in [3.63, 3.8) is 0 Å². The fourth-order valence-corrected chi connectivity index (χ4v) is 2.20. The molecular weight excluding hydrogens is 186 g/mol. The number of nitrogens with zero attached hydrogens (tertiary/aromatic N) is 2. The third kappa shape index (κ3) is 2.81. The van der Waals surface area contributed by atoms with Crippen molar-refractivity contribution in [1.29, 1.82) is 0 Å². The van der Waals surface area contributed by atoms with Gasteiger partial charge < -0.3 is 9.88 Å². The summed E-state index contributed by atoms with van der Waals surface area (Å²) in [4.78, 5) is 4.21. The maximum absolute atomic E-state index is 4.21. The van der Waals surface area contributed by atoms with Crippen LogP contribution >= 0.6 is 0 Å². The zero-order chi connectivity index (χ0) is 10.7. The third-order valence-corrected chi connectivity index (χ3v) is 3.26. The summed E-state index contributed by atoms with van der Waals surface area (Å²) in [7, 11) is 0. The number of hydrogen-bond acceptors (Lipinski definition) is 2. The lowest BCUT2D eigenvalue weighted by Gasteiger charge is -2.06. The Morgan fingerprint density at radius 3 is 3.13 bits per heavy atom. The first-order chi connectivity index (χ1) is 7.31. The van der Waals surface area contributed by atoms with E-state index >= 15 is 0 Å².